The van der Waals surface area contributed by atoms with Crippen LogP contribution in [0.15, 0.2) is 0 Å². The molecule has 25 heavy (non-hydrogen) atoms. The third-order valence-electron chi connectivity index (χ3n) is 2.60. The summed E-state index contributed by atoms with van der Waals surface area (Å²) in [6.45, 7) is 12.5. The smallest absolute Gasteiger partial charge is 0.300 e. The number of hydrogen-bond acceptors (Lipinski definition) is 7. The highest BCUT2D eigenvalue weighted by Crippen LogP contribution is 1.95. The van der Waals surface area contributed by atoms with Crippen LogP contribution >= 0.6 is 0 Å². The average molecular weight is 370 g/mol. The zero-order valence-electron chi connectivity index (χ0n) is 16.7. The second-order valence-electron chi connectivity index (χ2n) is 5.48. The van der Waals surface area contributed by atoms with E-state index in [4.69, 9.17) is 39.1 Å². The van der Waals surface area contributed by atoms with Crippen LogP contribution in [0.25, 0.3) is 0 Å². The molecule has 0 fully saturated rings. The molecule has 0 aromatic heterocycles. The number of ether oxygens (including phenoxy) is 4. The van der Waals surface area contributed by atoms with E-state index >= 15 is 0 Å². The molecule has 0 saturated heterocycles. The first-order valence-corrected chi connectivity index (χ1v) is 8.43. The van der Waals surface area contributed by atoms with E-state index in [-0.39, 0.29) is 37.6 Å². The lowest BCUT2D eigenvalue weighted by atomic mass is 10.4. The number of carboxylic acids is 1. The Kier molecular flexibility index (Phi) is 24.7. The molecule has 0 saturated carbocycles. The van der Waals surface area contributed by atoms with Gasteiger partial charge in [0.2, 0.25) is 0 Å². The Morgan fingerprint density at radius 1 is 0.840 bits per heavy atom. The molecule has 8 nitrogen and oxygen atoms in total. The van der Waals surface area contributed by atoms with E-state index in [9.17, 15) is 0 Å². The van der Waals surface area contributed by atoms with Gasteiger partial charge in [-0.25, -0.2) is 0 Å². The van der Waals surface area contributed by atoms with Crippen LogP contribution in [0.2, 0.25) is 0 Å². The number of aliphatic hydroxyl groups is 2. The SMILES string of the molecule is CC(=O)O.CCOC(C)COC(C)CO.COC(C)COC(C)CO. The van der Waals surface area contributed by atoms with E-state index in [2.05, 4.69) is 0 Å². The summed E-state index contributed by atoms with van der Waals surface area (Å²) in [4.78, 5) is 9.00. The van der Waals surface area contributed by atoms with Gasteiger partial charge in [-0.1, -0.05) is 0 Å². The van der Waals surface area contributed by atoms with Gasteiger partial charge in [0.05, 0.1) is 50.8 Å². The Labute approximate surface area is 152 Å². The van der Waals surface area contributed by atoms with Crippen molar-refractivity contribution in [1.82, 2.24) is 0 Å². The molecule has 0 aliphatic heterocycles. The van der Waals surface area contributed by atoms with Gasteiger partial charge >= 0.3 is 0 Å². The van der Waals surface area contributed by atoms with Crippen molar-refractivity contribution in [2.75, 3.05) is 40.1 Å². The van der Waals surface area contributed by atoms with Crippen LogP contribution in [0.5, 0.6) is 0 Å². The van der Waals surface area contributed by atoms with Crippen LogP contribution in [-0.2, 0) is 23.7 Å². The number of methoxy groups -OCH3 is 1. The highest BCUT2D eigenvalue weighted by Gasteiger charge is 2.04. The Morgan fingerprint density at radius 3 is 1.48 bits per heavy atom. The van der Waals surface area contributed by atoms with Crippen molar-refractivity contribution in [1.29, 1.82) is 0 Å². The maximum atomic E-state index is 9.00. The lowest BCUT2D eigenvalue weighted by molar-refractivity contribution is -0.134. The monoisotopic (exact) mass is 370 g/mol. The van der Waals surface area contributed by atoms with Gasteiger partial charge < -0.3 is 34.3 Å². The van der Waals surface area contributed by atoms with Crippen molar-refractivity contribution >= 4 is 5.97 Å². The molecule has 0 amide bonds. The number of aliphatic carboxylic acids is 1. The number of rotatable bonds is 11. The lowest BCUT2D eigenvalue weighted by Crippen LogP contribution is -2.22. The second kappa shape index (κ2) is 21.3. The highest BCUT2D eigenvalue weighted by molar-refractivity contribution is 5.62. The van der Waals surface area contributed by atoms with Crippen LogP contribution in [0, 0.1) is 0 Å². The lowest BCUT2D eigenvalue weighted by Gasteiger charge is -2.14. The van der Waals surface area contributed by atoms with Gasteiger partial charge in [-0.3, -0.25) is 4.79 Å². The van der Waals surface area contributed by atoms with Crippen molar-refractivity contribution in [3.63, 3.8) is 0 Å². The summed E-state index contributed by atoms with van der Waals surface area (Å²) in [6.07, 6.45) is 0.0542. The predicted molar refractivity (Wildman–Crippen MR) is 95.9 cm³/mol. The van der Waals surface area contributed by atoms with Crippen LogP contribution in [0.1, 0.15) is 41.5 Å². The molecule has 0 rings (SSSR count). The Balaban J connectivity index is -0.000000321. The number of carbonyl (C=O) groups is 1. The molecule has 0 aliphatic carbocycles. The standard InChI is InChI=1S/C8H18O3.C7H16O3.C2H4O2/c1-4-10-8(3)6-11-7(2)5-9;1-6(4-8)10-5-7(2)9-3;1-2(3)4/h7-9H,4-6H2,1-3H3;6-8H,4-5H2,1-3H3;1H3,(H,3,4). The molecule has 154 valence electrons. The summed E-state index contributed by atoms with van der Waals surface area (Å²) in [5, 5.41) is 24.6. The summed E-state index contributed by atoms with van der Waals surface area (Å²) < 4.78 is 20.6. The van der Waals surface area contributed by atoms with E-state index in [1.54, 1.807) is 7.11 Å². The summed E-state index contributed by atoms with van der Waals surface area (Å²) in [6, 6.07) is 0. The first-order chi connectivity index (χ1) is 11.6. The number of aliphatic hydroxyl groups excluding tert-OH is 2. The Morgan fingerprint density at radius 2 is 1.20 bits per heavy atom. The van der Waals surface area contributed by atoms with Crippen molar-refractivity contribution in [2.24, 2.45) is 0 Å². The van der Waals surface area contributed by atoms with Gasteiger partial charge in [0, 0.05) is 20.6 Å². The van der Waals surface area contributed by atoms with Crippen LogP contribution in [0.3, 0.4) is 0 Å². The molecule has 3 N–H and O–H groups in total. The van der Waals surface area contributed by atoms with Gasteiger partial charge in [-0.2, -0.15) is 0 Å². The van der Waals surface area contributed by atoms with E-state index in [0.29, 0.717) is 19.8 Å². The molecule has 8 heteroatoms. The molecular formula is C17H38O8. The van der Waals surface area contributed by atoms with Crippen LogP contribution < -0.4 is 0 Å². The quantitative estimate of drug-likeness (QED) is 0.499. The molecule has 0 heterocycles. The Hall–Kier alpha value is -0.770. The molecule has 0 aliphatic rings. The van der Waals surface area contributed by atoms with Crippen molar-refractivity contribution in [2.45, 2.75) is 66.0 Å². The van der Waals surface area contributed by atoms with Gasteiger partial charge in [0.25, 0.3) is 5.97 Å². The molecule has 0 spiro atoms. The molecular weight excluding hydrogens is 332 g/mol. The highest BCUT2D eigenvalue weighted by atomic mass is 16.5. The molecule has 0 bridgehead atoms. The number of carboxylic acid groups (broad SMARTS) is 1. The van der Waals surface area contributed by atoms with Crippen LogP contribution in [0.4, 0.5) is 0 Å². The summed E-state index contributed by atoms with van der Waals surface area (Å²) >= 11 is 0. The van der Waals surface area contributed by atoms with E-state index in [1.807, 2.05) is 34.6 Å². The summed E-state index contributed by atoms with van der Waals surface area (Å²) in [7, 11) is 1.64. The molecule has 0 aromatic rings. The maximum absolute atomic E-state index is 9.00. The van der Waals surface area contributed by atoms with Gasteiger partial charge in [-0.05, 0) is 34.6 Å². The summed E-state index contributed by atoms with van der Waals surface area (Å²) in [5.74, 6) is -0.833. The molecule has 0 radical (unpaired) electrons. The zero-order valence-corrected chi connectivity index (χ0v) is 16.7. The third-order valence-corrected chi connectivity index (χ3v) is 2.60. The van der Waals surface area contributed by atoms with Gasteiger partial charge in [0.1, 0.15) is 0 Å². The van der Waals surface area contributed by atoms with E-state index in [1.165, 1.54) is 0 Å². The van der Waals surface area contributed by atoms with Gasteiger partial charge in [-0.15, -0.1) is 0 Å². The fraction of sp³-hybridized carbons (Fsp3) is 0.941. The third kappa shape index (κ3) is 31.5. The van der Waals surface area contributed by atoms with Gasteiger partial charge in [0.15, 0.2) is 0 Å². The zero-order chi connectivity index (χ0) is 20.3. The van der Waals surface area contributed by atoms with E-state index in [0.717, 1.165) is 6.92 Å². The van der Waals surface area contributed by atoms with Crippen molar-refractivity contribution in [3.8, 4) is 0 Å². The minimum atomic E-state index is -0.833. The fourth-order valence-electron chi connectivity index (χ4n) is 1.11. The van der Waals surface area contributed by atoms with Crippen molar-refractivity contribution < 1.29 is 39.1 Å². The first-order valence-electron chi connectivity index (χ1n) is 8.43. The topological polar surface area (TPSA) is 115 Å². The summed E-state index contributed by atoms with van der Waals surface area (Å²) in [5.41, 5.74) is 0. The molecule has 0 aromatic carbocycles. The fourth-order valence-corrected chi connectivity index (χ4v) is 1.11. The first kappa shape index (κ1) is 29.0. The van der Waals surface area contributed by atoms with Crippen molar-refractivity contribution in [3.05, 3.63) is 0 Å². The second-order valence-corrected chi connectivity index (χ2v) is 5.48. The minimum Gasteiger partial charge on any atom is -0.481 e. The number of hydrogen-bond donors (Lipinski definition) is 3. The molecule has 4 atom stereocenters. The van der Waals surface area contributed by atoms with E-state index < -0.39 is 5.97 Å². The predicted octanol–water partition coefficient (Wildman–Crippen LogP) is 1.32. The van der Waals surface area contributed by atoms with Crippen LogP contribution in [-0.4, -0.2) is 85.8 Å². The molecule has 4 unspecified atom stereocenters. The largest absolute Gasteiger partial charge is 0.481 e. The Bertz CT molecular complexity index is 261. The average Bonchev–Trinajstić information content (AvgIpc) is 2.57. The maximum Gasteiger partial charge on any atom is 0.300 e. The minimum absolute atomic E-state index is 0.0659. The normalized spacial score (nSPS) is 14.9.